The summed E-state index contributed by atoms with van der Waals surface area (Å²) in [5.74, 6) is 0.823. The molecule has 3 rings (SSSR count). The van der Waals surface area contributed by atoms with Crippen molar-refractivity contribution in [3.8, 4) is 5.75 Å². The summed E-state index contributed by atoms with van der Waals surface area (Å²) in [6, 6.07) is 12.5. The number of benzene rings is 1. The van der Waals surface area contributed by atoms with Gasteiger partial charge in [0.2, 0.25) is 0 Å². The maximum absolute atomic E-state index is 6.15. The Balaban J connectivity index is 1.76. The number of nitrogens with zero attached hydrogens (tertiary/aromatic N) is 1. The Morgan fingerprint density at radius 2 is 2.14 bits per heavy atom. The quantitative estimate of drug-likeness (QED) is 0.923. The van der Waals surface area contributed by atoms with Crippen LogP contribution in [0.4, 0.5) is 0 Å². The number of ether oxygens (including phenoxy) is 1. The van der Waals surface area contributed by atoms with Gasteiger partial charge in [-0.25, -0.2) is 0 Å². The van der Waals surface area contributed by atoms with E-state index in [0.717, 1.165) is 30.7 Å². The second kappa shape index (κ2) is 6.27. The Labute approximate surface area is 126 Å². The van der Waals surface area contributed by atoms with Gasteiger partial charge in [0.1, 0.15) is 11.9 Å². The van der Waals surface area contributed by atoms with Crippen LogP contribution in [0.5, 0.6) is 5.75 Å². The Hall–Kier alpha value is -1.87. The lowest BCUT2D eigenvalue weighted by Gasteiger charge is -2.26. The van der Waals surface area contributed by atoms with Crippen molar-refractivity contribution in [2.24, 2.45) is 5.73 Å². The molecule has 1 aromatic carbocycles. The molecule has 0 fully saturated rings. The Bertz CT molecular complexity index is 594. The number of fused-ring (bicyclic) bond motifs is 1. The predicted octanol–water partition coefficient (Wildman–Crippen LogP) is 3.95. The molecule has 0 amide bonds. The van der Waals surface area contributed by atoms with E-state index in [1.54, 1.807) is 6.20 Å². The van der Waals surface area contributed by atoms with E-state index >= 15 is 0 Å². The number of hydrogen-bond acceptors (Lipinski definition) is 3. The third kappa shape index (κ3) is 3.08. The SMILES string of the molecule is CC[C@@H](N)c1ccc(OC2CCCc3ccccc32)cn1. The molecular weight excluding hydrogens is 260 g/mol. The lowest BCUT2D eigenvalue weighted by Crippen LogP contribution is -2.15. The van der Waals surface area contributed by atoms with Crippen molar-refractivity contribution in [2.75, 3.05) is 0 Å². The van der Waals surface area contributed by atoms with Crippen LogP contribution in [0.15, 0.2) is 42.6 Å². The fourth-order valence-corrected chi connectivity index (χ4v) is 2.89. The normalized spacial score (nSPS) is 18.9. The summed E-state index contributed by atoms with van der Waals surface area (Å²) in [4.78, 5) is 4.42. The molecule has 0 saturated heterocycles. The van der Waals surface area contributed by atoms with Gasteiger partial charge in [0.15, 0.2) is 0 Å². The van der Waals surface area contributed by atoms with Gasteiger partial charge >= 0.3 is 0 Å². The summed E-state index contributed by atoms with van der Waals surface area (Å²) >= 11 is 0. The van der Waals surface area contributed by atoms with Crippen LogP contribution < -0.4 is 10.5 Å². The van der Waals surface area contributed by atoms with Gasteiger partial charge in [0.05, 0.1) is 11.9 Å². The second-order valence-electron chi connectivity index (χ2n) is 5.63. The molecule has 1 heterocycles. The molecular formula is C18H22N2O. The summed E-state index contributed by atoms with van der Waals surface area (Å²) in [5.41, 5.74) is 9.64. The van der Waals surface area contributed by atoms with Gasteiger partial charge in [0.25, 0.3) is 0 Å². The molecule has 21 heavy (non-hydrogen) atoms. The van der Waals surface area contributed by atoms with Crippen molar-refractivity contribution >= 4 is 0 Å². The van der Waals surface area contributed by atoms with Gasteiger partial charge in [0, 0.05) is 6.04 Å². The fourth-order valence-electron chi connectivity index (χ4n) is 2.89. The zero-order valence-corrected chi connectivity index (χ0v) is 12.5. The van der Waals surface area contributed by atoms with Crippen LogP contribution in [0.25, 0.3) is 0 Å². The number of pyridine rings is 1. The minimum Gasteiger partial charge on any atom is -0.484 e. The van der Waals surface area contributed by atoms with Crippen LogP contribution >= 0.6 is 0 Å². The van der Waals surface area contributed by atoms with E-state index in [1.807, 2.05) is 12.1 Å². The first-order valence-electron chi connectivity index (χ1n) is 7.74. The summed E-state index contributed by atoms with van der Waals surface area (Å²) in [6.07, 6.45) is 6.22. The van der Waals surface area contributed by atoms with Crippen molar-refractivity contribution in [3.05, 3.63) is 59.4 Å². The zero-order chi connectivity index (χ0) is 14.7. The third-order valence-corrected chi connectivity index (χ3v) is 4.17. The molecule has 2 atom stereocenters. The second-order valence-corrected chi connectivity index (χ2v) is 5.63. The molecule has 3 nitrogen and oxygen atoms in total. The minimum absolute atomic E-state index is 0.00876. The van der Waals surface area contributed by atoms with Crippen molar-refractivity contribution < 1.29 is 4.74 Å². The lowest BCUT2D eigenvalue weighted by atomic mass is 9.89. The maximum atomic E-state index is 6.15. The molecule has 0 spiro atoms. The first-order valence-corrected chi connectivity index (χ1v) is 7.74. The minimum atomic E-state index is 0.00876. The van der Waals surface area contributed by atoms with Crippen molar-refractivity contribution in [3.63, 3.8) is 0 Å². The van der Waals surface area contributed by atoms with Gasteiger partial charge < -0.3 is 10.5 Å². The van der Waals surface area contributed by atoms with Crippen LogP contribution in [-0.4, -0.2) is 4.98 Å². The van der Waals surface area contributed by atoms with Gasteiger partial charge in [-0.15, -0.1) is 0 Å². The van der Waals surface area contributed by atoms with Crippen molar-refractivity contribution in [2.45, 2.75) is 44.8 Å². The van der Waals surface area contributed by atoms with Crippen LogP contribution in [0, 0.1) is 0 Å². The van der Waals surface area contributed by atoms with Crippen molar-refractivity contribution in [1.29, 1.82) is 0 Å². The van der Waals surface area contributed by atoms with E-state index in [2.05, 4.69) is 36.2 Å². The molecule has 2 aromatic rings. The largest absolute Gasteiger partial charge is 0.484 e. The Morgan fingerprint density at radius 1 is 1.29 bits per heavy atom. The highest BCUT2D eigenvalue weighted by Gasteiger charge is 2.21. The highest BCUT2D eigenvalue weighted by atomic mass is 16.5. The number of hydrogen-bond donors (Lipinski definition) is 1. The third-order valence-electron chi connectivity index (χ3n) is 4.17. The first-order chi connectivity index (χ1) is 10.3. The number of aryl methyl sites for hydroxylation is 1. The van der Waals surface area contributed by atoms with Crippen molar-refractivity contribution in [1.82, 2.24) is 4.98 Å². The van der Waals surface area contributed by atoms with Gasteiger partial charge in [-0.2, -0.15) is 0 Å². The molecule has 1 unspecified atom stereocenters. The molecule has 110 valence electrons. The number of nitrogens with two attached hydrogens (primary N) is 1. The molecule has 1 aliphatic carbocycles. The average Bonchev–Trinajstić information content (AvgIpc) is 2.55. The van der Waals surface area contributed by atoms with E-state index in [9.17, 15) is 0 Å². The number of aromatic nitrogens is 1. The molecule has 1 aromatic heterocycles. The van der Waals surface area contributed by atoms with E-state index in [0.29, 0.717) is 0 Å². The summed E-state index contributed by atoms with van der Waals surface area (Å²) in [5, 5.41) is 0. The highest BCUT2D eigenvalue weighted by molar-refractivity contribution is 5.32. The fraction of sp³-hybridized carbons (Fsp3) is 0.389. The average molecular weight is 282 g/mol. The predicted molar refractivity (Wildman–Crippen MR) is 84.2 cm³/mol. The van der Waals surface area contributed by atoms with Crippen LogP contribution in [-0.2, 0) is 6.42 Å². The Kier molecular flexibility index (Phi) is 4.20. The van der Waals surface area contributed by atoms with E-state index < -0.39 is 0 Å². The molecule has 0 aliphatic heterocycles. The monoisotopic (exact) mass is 282 g/mol. The van der Waals surface area contributed by atoms with E-state index in [4.69, 9.17) is 10.5 Å². The van der Waals surface area contributed by atoms with Gasteiger partial charge in [-0.3, -0.25) is 4.98 Å². The summed E-state index contributed by atoms with van der Waals surface area (Å²) in [6.45, 7) is 2.07. The van der Waals surface area contributed by atoms with Crippen LogP contribution in [0.2, 0.25) is 0 Å². The summed E-state index contributed by atoms with van der Waals surface area (Å²) in [7, 11) is 0. The van der Waals surface area contributed by atoms with Crippen LogP contribution in [0.3, 0.4) is 0 Å². The molecule has 1 aliphatic rings. The molecule has 0 bridgehead atoms. The van der Waals surface area contributed by atoms with Gasteiger partial charge in [-0.1, -0.05) is 31.2 Å². The molecule has 2 N–H and O–H groups in total. The first kappa shape index (κ1) is 14.1. The topological polar surface area (TPSA) is 48.1 Å². The molecule has 0 radical (unpaired) electrons. The summed E-state index contributed by atoms with van der Waals surface area (Å²) < 4.78 is 6.15. The highest BCUT2D eigenvalue weighted by Crippen LogP contribution is 2.33. The van der Waals surface area contributed by atoms with Gasteiger partial charge in [-0.05, 0) is 48.9 Å². The zero-order valence-electron chi connectivity index (χ0n) is 12.5. The maximum Gasteiger partial charge on any atom is 0.138 e. The smallest absolute Gasteiger partial charge is 0.138 e. The number of rotatable bonds is 4. The standard InChI is InChI=1S/C18H22N2O/c1-2-16(19)17-11-10-14(12-20-17)21-18-9-5-7-13-6-3-4-8-15(13)18/h3-4,6,8,10-12,16,18H,2,5,7,9,19H2,1H3/t16-,18?/m1/s1. The van der Waals surface area contributed by atoms with Crippen LogP contribution in [0.1, 0.15) is 55.2 Å². The molecule has 0 saturated carbocycles. The Morgan fingerprint density at radius 3 is 2.90 bits per heavy atom. The van der Waals surface area contributed by atoms with E-state index in [-0.39, 0.29) is 12.1 Å². The van der Waals surface area contributed by atoms with E-state index in [1.165, 1.54) is 17.5 Å². The lowest BCUT2D eigenvalue weighted by molar-refractivity contribution is 0.182. The molecule has 3 heteroatoms.